The van der Waals surface area contributed by atoms with Gasteiger partial charge in [0.2, 0.25) is 0 Å². The zero-order valence-corrected chi connectivity index (χ0v) is 10.9. The predicted octanol–water partition coefficient (Wildman–Crippen LogP) is 2.91. The second-order valence-corrected chi connectivity index (χ2v) is 6.28. The zero-order chi connectivity index (χ0) is 12.4. The Morgan fingerprint density at radius 1 is 1.25 bits per heavy atom. The van der Waals surface area contributed by atoms with Crippen molar-refractivity contribution >= 4 is 5.78 Å². The molecule has 1 aromatic heterocycles. The maximum atomic E-state index is 12.2. The molecule has 0 aromatic carbocycles. The standard InChI is InChI=1S/C13H22N2O/c1-12(2,3)9-13(4,5)11(16)8-15-7-6-14-10-15/h6-7,10H,8-9H2,1-5H3. The average molecular weight is 222 g/mol. The number of carbonyl (C=O) groups is 1. The molecule has 0 fully saturated rings. The first-order valence-electron chi connectivity index (χ1n) is 5.70. The first-order valence-corrected chi connectivity index (χ1v) is 5.70. The molecule has 1 heterocycles. The van der Waals surface area contributed by atoms with Crippen molar-refractivity contribution in [3.63, 3.8) is 0 Å². The molecule has 0 aliphatic heterocycles. The molecule has 0 aliphatic carbocycles. The van der Waals surface area contributed by atoms with E-state index in [2.05, 4.69) is 25.8 Å². The molecular formula is C13H22N2O. The summed E-state index contributed by atoms with van der Waals surface area (Å²) >= 11 is 0. The quantitative estimate of drug-likeness (QED) is 0.785. The number of hydrogen-bond donors (Lipinski definition) is 0. The highest BCUT2D eigenvalue weighted by molar-refractivity contribution is 5.83. The molecule has 0 atom stereocenters. The third-order valence-electron chi connectivity index (χ3n) is 2.61. The molecule has 90 valence electrons. The minimum atomic E-state index is -0.275. The largest absolute Gasteiger partial charge is 0.330 e. The van der Waals surface area contributed by atoms with Gasteiger partial charge in [0.15, 0.2) is 5.78 Å². The summed E-state index contributed by atoms with van der Waals surface area (Å²) in [6.45, 7) is 11.0. The van der Waals surface area contributed by atoms with Gasteiger partial charge in [-0.2, -0.15) is 0 Å². The van der Waals surface area contributed by atoms with Crippen LogP contribution in [0, 0.1) is 10.8 Å². The molecule has 0 bridgehead atoms. The fourth-order valence-corrected chi connectivity index (χ4v) is 2.18. The number of ketones is 1. The highest BCUT2D eigenvalue weighted by Gasteiger charge is 2.32. The maximum absolute atomic E-state index is 12.2. The van der Waals surface area contributed by atoms with Crippen LogP contribution in [0.2, 0.25) is 0 Å². The van der Waals surface area contributed by atoms with E-state index in [1.54, 1.807) is 12.5 Å². The Kier molecular flexibility index (Phi) is 3.56. The second-order valence-electron chi connectivity index (χ2n) is 6.28. The molecule has 0 N–H and O–H groups in total. The fourth-order valence-electron chi connectivity index (χ4n) is 2.18. The van der Waals surface area contributed by atoms with Gasteiger partial charge in [-0.3, -0.25) is 4.79 Å². The minimum Gasteiger partial charge on any atom is -0.330 e. The number of carbonyl (C=O) groups excluding carboxylic acids is 1. The molecule has 0 saturated carbocycles. The van der Waals surface area contributed by atoms with Gasteiger partial charge in [0.05, 0.1) is 12.9 Å². The third-order valence-corrected chi connectivity index (χ3v) is 2.61. The van der Waals surface area contributed by atoms with Crippen LogP contribution in [0.25, 0.3) is 0 Å². The maximum Gasteiger partial charge on any atom is 0.158 e. The van der Waals surface area contributed by atoms with E-state index in [-0.39, 0.29) is 16.6 Å². The van der Waals surface area contributed by atoms with Gasteiger partial charge in [0, 0.05) is 17.8 Å². The van der Waals surface area contributed by atoms with E-state index in [1.807, 2.05) is 24.6 Å². The number of aromatic nitrogens is 2. The van der Waals surface area contributed by atoms with E-state index in [1.165, 1.54) is 0 Å². The molecule has 16 heavy (non-hydrogen) atoms. The third kappa shape index (κ3) is 3.80. The topological polar surface area (TPSA) is 34.9 Å². The number of rotatable bonds is 4. The SMILES string of the molecule is CC(C)(C)CC(C)(C)C(=O)Cn1ccnc1. The Labute approximate surface area is 97.9 Å². The van der Waals surface area contributed by atoms with Crippen molar-refractivity contribution in [1.82, 2.24) is 9.55 Å². The molecule has 0 aliphatic rings. The lowest BCUT2D eigenvalue weighted by Gasteiger charge is -2.31. The number of Topliss-reactive ketones (excluding diaryl/α,β-unsaturated/α-hetero) is 1. The van der Waals surface area contributed by atoms with Crippen molar-refractivity contribution in [3.05, 3.63) is 18.7 Å². The second kappa shape index (κ2) is 4.40. The van der Waals surface area contributed by atoms with Gasteiger partial charge in [-0.1, -0.05) is 34.6 Å². The number of imidazole rings is 1. The lowest BCUT2D eigenvalue weighted by molar-refractivity contribution is -0.129. The Hall–Kier alpha value is -1.12. The van der Waals surface area contributed by atoms with E-state index in [0.717, 1.165) is 6.42 Å². The summed E-state index contributed by atoms with van der Waals surface area (Å²) < 4.78 is 1.83. The van der Waals surface area contributed by atoms with Crippen molar-refractivity contribution < 1.29 is 4.79 Å². The van der Waals surface area contributed by atoms with E-state index in [9.17, 15) is 4.79 Å². The lowest BCUT2D eigenvalue weighted by Crippen LogP contribution is -2.32. The van der Waals surface area contributed by atoms with E-state index in [0.29, 0.717) is 6.54 Å². The highest BCUT2D eigenvalue weighted by Crippen LogP contribution is 2.34. The molecule has 0 radical (unpaired) electrons. The van der Waals surface area contributed by atoms with Crippen molar-refractivity contribution in [2.75, 3.05) is 0 Å². The van der Waals surface area contributed by atoms with Crippen LogP contribution in [0.5, 0.6) is 0 Å². The summed E-state index contributed by atoms with van der Waals surface area (Å²) in [5, 5.41) is 0. The van der Waals surface area contributed by atoms with Crippen molar-refractivity contribution in [2.45, 2.75) is 47.6 Å². The molecule has 0 saturated heterocycles. The van der Waals surface area contributed by atoms with E-state index in [4.69, 9.17) is 0 Å². The summed E-state index contributed by atoms with van der Waals surface area (Å²) in [5.41, 5.74) is -0.101. The minimum absolute atomic E-state index is 0.175. The van der Waals surface area contributed by atoms with Crippen LogP contribution in [0.1, 0.15) is 41.0 Å². The molecule has 0 amide bonds. The molecule has 0 spiro atoms. The molecule has 1 aromatic rings. The van der Waals surface area contributed by atoms with Gasteiger partial charge >= 0.3 is 0 Å². The molecular weight excluding hydrogens is 200 g/mol. The summed E-state index contributed by atoms with van der Waals surface area (Å²) in [5.74, 6) is 0.264. The van der Waals surface area contributed by atoms with Crippen molar-refractivity contribution in [3.8, 4) is 0 Å². The molecule has 0 unspecified atom stereocenters. The summed E-state index contributed by atoms with van der Waals surface area (Å²) in [7, 11) is 0. The number of hydrogen-bond acceptors (Lipinski definition) is 2. The Bertz CT molecular complexity index is 345. The fraction of sp³-hybridized carbons (Fsp3) is 0.692. The highest BCUT2D eigenvalue weighted by atomic mass is 16.1. The van der Waals surface area contributed by atoms with Gasteiger partial charge in [-0.15, -0.1) is 0 Å². The predicted molar refractivity (Wildman–Crippen MR) is 65.1 cm³/mol. The lowest BCUT2D eigenvalue weighted by atomic mass is 9.74. The molecule has 3 nitrogen and oxygen atoms in total. The first-order chi connectivity index (χ1) is 7.21. The van der Waals surface area contributed by atoms with Crippen LogP contribution in [0.4, 0.5) is 0 Å². The van der Waals surface area contributed by atoms with E-state index >= 15 is 0 Å². The van der Waals surface area contributed by atoms with Gasteiger partial charge in [-0.05, 0) is 11.8 Å². The van der Waals surface area contributed by atoms with Gasteiger partial charge < -0.3 is 4.57 Å². The van der Waals surface area contributed by atoms with Gasteiger partial charge in [0.25, 0.3) is 0 Å². The first kappa shape index (κ1) is 12.9. The van der Waals surface area contributed by atoms with Crippen LogP contribution in [-0.2, 0) is 11.3 Å². The van der Waals surface area contributed by atoms with Crippen LogP contribution >= 0.6 is 0 Å². The van der Waals surface area contributed by atoms with Gasteiger partial charge in [0.1, 0.15) is 0 Å². The van der Waals surface area contributed by atoms with Crippen LogP contribution in [0.15, 0.2) is 18.7 Å². The zero-order valence-electron chi connectivity index (χ0n) is 10.9. The summed E-state index contributed by atoms with van der Waals surface area (Å²) in [6.07, 6.45) is 6.10. The Morgan fingerprint density at radius 2 is 1.88 bits per heavy atom. The average Bonchev–Trinajstić information content (AvgIpc) is 2.51. The van der Waals surface area contributed by atoms with Crippen LogP contribution < -0.4 is 0 Å². The van der Waals surface area contributed by atoms with Gasteiger partial charge in [-0.25, -0.2) is 4.98 Å². The normalized spacial score (nSPS) is 12.8. The Morgan fingerprint density at radius 3 is 2.31 bits per heavy atom. The summed E-state index contributed by atoms with van der Waals surface area (Å²) in [4.78, 5) is 16.1. The Balaban J connectivity index is 2.65. The van der Waals surface area contributed by atoms with Crippen LogP contribution in [0.3, 0.4) is 0 Å². The van der Waals surface area contributed by atoms with Crippen molar-refractivity contribution in [2.24, 2.45) is 10.8 Å². The van der Waals surface area contributed by atoms with Crippen molar-refractivity contribution in [1.29, 1.82) is 0 Å². The monoisotopic (exact) mass is 222 g/mol. The van der Waals surface area contributed by atoms with E-state index < -0.39 is 0 Å². The summed E-state index contributed by atoms with van der Waals surface area (Å²) in [6, 6.07) is 0. The number of nitrogens with zero attached hydrogens (tertiary/aromatic N) is 2. The molecule has 3 heteroatoms. The smallest absolute Gasteiger partial charge is 0.158 e. The molecule has 1 rings (SSSR count). The van der Waals surface area contributed by atoms with Crippen LogP contribution in [-0.4, -0.2) is 15.3 Å².